The van der Waals surface area contributed by atoms with Gasteiger partial charge in [-0.05, 0) is 25.5 Å². The predicted molar refractivity (Wildman–Crippen MR) is 73.8 cm³/mol. The normalized spacial score (nSPS) is 10.4. The van der Waals surface area contributed by atoms with Gasteiger partial charge in [-0.2, -0.15) is 0 Å². The van der Waals surface area contributed by atoms with Crippen molar-refractivity contribution in [1.82, 2.24) is 9.97 Å². The fraction of sp³-hybridized carbons (Fsp3) is 0.182. The number of aryl methyl sites for hydroxylation is 2. The van der Waals surface area contributed by atoms with Crippen molar-refractivity contribution in [2.75, 3.05) is 5.32 Å². The Kier molecular flexibility index (Phi) is 3.85. The van der Waals surface area contributed by atoms with Crippen LogP contribution < -0.4 is 5.32 Å². The second-order valence-corrected chi connectivity index (χ2v) is 5.61. The van der Waals surface area contributed by atoms with Gasteiger partial charge in [0.1, 0.15) is 10.0 Å². The molecule has 1 amide bonds. The lowest BCUT2D eigenvalue weighted by Crippen LogP contribution is -2.12. The van der Waals surface area contributed by atoms with Crippen molar-refractivity contribution >= 4 is 46.1 Å². The Morgan fingerprint density at radius 3 is 2.67 bits per heavy atom. The van der Waals surface area contributed by atoms with Crippen LogP contribution in [0.3, 0.4) is 0 Å². The standard InChI is InChI=1S/C11H9Cl2N3OS/c1-5-3-8(12)15-10(13)9(5)16-11(17)7-4-14-6(2)18-7/h3-4H,1-2H3,(H,16,17). The van der Waals surface area contributed by atoms with E-state index in [1.807, 2.05) is 6.92 Å². The lowest BCUT2D eigenvalue weighted by atomic mass is 10.2. The molecule has 0 aliphatic carbocycles. The molecule has 2 rings (SSSR count). The van der Waals surface area contributed by atoms with Gasteiger partial charge in [0.2, 0.25) is 0 Å². The summed E-state index contributed by atoms with van der Waals surface area (Å²) in [5.74, 6) is -0.255. The third-order valence-corrected chi connectivity index (χ3v) is 3.60. The van der Waals surface area contributed by atoms with E-state index in [9.17, 15) is 4.79 Å². The summed E-state index contributed by atoms with van der Waals surface area (Å²) in [6.45, 7) is 3.64. The van der Waals surface area contributed by atoms with Gasteiger partial charge in [-0.25, -0.2) is 9.97 Å². The number of anilines is 1. The van der Waals surface area contributed by atoms with Crippen LogP contribution in [0.1, 0.15) is 20.2 Å². The summed E-state index contributed by atoms with van der Waals surface area (Å²) in [5, 5.41) is 4.02. The Hall–Kier alpha value is -1.17. The maximum Gasteiger partial charge on any atom is 0.267 e. The predicted octanol–water partition coefficient (Wildman–Crippen LogP) is 3.71. The minimum Gasteiger partial charge on any atom is -0.318 e. The van der Waals surface area contributed by atoms with E-state index in [1.165, 1.54) is 17.5 Å². The van der Waals surface area contributed by atoms with Crippen LogP contribution in [0.15, 0.2) is 12.3 Å². The summed E-state index contributed by atoms with van der Waals surface area (Å²) in [6.07, 6.45) is 1.53. The molecule has 0 spiro atoms. The fourth-order valence-electron chi connectivity index (χ4n) is 1.39. The molecule has 0 unspecified atom stereocenters. The van der Waals surface area contributed by atoms with Gasteiger partial charge in [0.15, 0.2) is 5.15 Å². The van der Waals surface area contributed by atoms with Crippen LogP contribution in [0.2, 0.25) is 10.3 Å². The minimum absolute atomic E-state index is 0.176. The number of nitrogens with one attached hydrogen (secondary N) is 1. The molecule has 1 N–H and O–H groups in total. The number of thiazole rings is 1. The summed E-state index contributed by atoms with van der Waals surface area (Å²) in [4.78, 5) is 20.4. The van der Waals surface area contributed by atoms with E-state index in [0.717, 1.165) is 10.6 Å². The molecule has 0 fully saturated rings. The zero-order valence-electron chi connectivity index (χ0n) is 9.62. The van der Waals surface area contributed by atoms with Crippen LogP contribution in [0.4, 0.5) is 5.69 Å². The second kappa shape index (κ2) is 5.22. The molecule has 0 aliphatic heterocycles. The SMILES string of the molecule is Cc1ncc(C(=O)Nc2c(C)cc(Cl)nc2Cl)s1. The first-order valence-corrected chi connectivity index (χ1v) is 6.61. The third-order valence-electron chi connectivity index (χ3n) is 2.22. The average molecular weight is 302 g/mol. The number of pyridine rings is 1. The van der Waals surface area contributed by atoms with Crippen molar-refractivity contribution in [3.05, 3.63) is 38.0 Å². The van der Waals surface area contributed by atoms with Crippen molar-refractivity contribution in [1.29, 1.82) is 0 Å². The molecule has 0 saturated heterocycles. The summed E-state index contributed by atoms with van der Waals surface area (Å²) in [5.41, 5.74) is 1.23. The molecule has 0 bridgehead atoms. The first-order valence-electron chi connectivity index (χ1n) is 5.04. The minimum atomic E-state index is -0.255. The average Bonchev–Trinajstić information content (AvgIpc) is 2.70. The monoisotopic (exact) mass is 301 g/mol. The molecule has 2 aromatic rings. The van der Waals surface area contributed by atoms with Crippen molar-refractivity contribution in [2.24, 2.45) is 0 Å². The Morgan fingerprint density at radius 2 is 2.11 bits per heavy atom. The van der Waals surface area contributed by atoms with E-state index in [4.69, 9.17) is 23.2 Å². The highest BCUT2D eigenvalue weighted by atomic mass is 35.5. The molecule has 4 nitrogen and oxygen atoms in total. The van der Waals surface area contributed by atoms with E-state index in [1.54, 1.807) is 13.0 Å². The topological polar surface area (TPSA) is 54.9 Å². The van der Waals surface area contributed by atoms with E-state index in [-0.39, 0.29) is 11.1 Å². The maximum atomic E-state index is 12.0. The number of amides is 1. The maximum absolute atomic E-state index is 12.0. The highest BCUT2D eigenvalue weighted by Gasteiger charge is 2.14. The van der Waals surface area contributed by atoms with E-state index in [2.05, 4.69) is 15.3 Å². The van der Waals surface area contributed by atoms with Gasteiger partial charge in [-0.3, -0.25) is 4.79 Å². The van der Waals surface area contributed by atoms with Crippen molar-refractivity contribution in [3.8, 4) is 0 Å². The van der Waals surface area contributed by atoms with Gasteiger partial charge in [0.05, 0.1) is 16.9 Å². The quantitative estimate of drug-likeness (QED) is 0.860. The van der Waals surface area contributed by atoms with Crippen molar-refractivity contribution in [2.45, 2.75) is 13.8 Å². The first-order chi connectivity index (χ1) is 8.47. The second-order valence-electron chi connectivity index (χ2n) is 3.63. The molecule has 18 heavy (non-hydrogen) atoms. The number of hydrogen-bond acceptors (Lipinski definition) is 4. The number of aromatic nitrogens is 2. The smallest absolute Gasteiger partial charge is 0.267 e. The van der Waals surface area contributed by atoms with Crippen LogP contribution in [-0.2, 0) is 0 Å². The van der Waals surface area contributed by atoms with Crippen molar-refractivity contribution in [3.63, 3.8) is 0 Å². The molecular formula is C11H9Cl2N3OS. The van der Waals surface area contributed by atoms with Crippen molar-refractivity contribution < 1.29 is 4.79 Å². The van der Waals surface area contributed by atoms with Crippen LogP contribution in [0, 0.1) is 13.8 Å². The van der Waals surface area contributed by atoms with Crippen LogP contribution in [0.25, 0.3) is 0 Å². The molecule has 0 saturated carbocycles. The van der Waals surface area contributed by atoms with Gasteiger partial charge in [0, 0.05) is 0 Å². The third kappa shape index (κ3) is 2.80. The summed E-state index contributed by atoms with van der Waals surface area (Å²) >= 11 is 13.0. The van der Waals surface area contributed by atoms with Gasteiger partial charge in [-0.1, -0.05) is 23.2 Å². The Morgan fingerprint density at radius 1 is 1.39 bits per heavy atom. The van der Waals surface area contributed by atoms with Gasteiger partial charge < -0.3 is 5.32 Å². The molecule has 0 radical (unpaired) electrons. The molecule has 7 heteroatoms. The number of carbonyl (C=O) groups excluding carboxylic acids is 1. The number of carbonyl (C=O) groups is 1. The number of rotatable bonds is 2. The summed E-state index contributed by atoms with van der Waals surface area (Å²) in [6, 6.07) is 1.64. The molecule has 0 aliphatic rings. The lowest BCUT2D eigenvalue weighted by Gasteiger charge is -2.08. The van der Waals surface area contributed by atoms with Gasteiger partial charge >= 0.3 is 0 Å². The molecule has 94 valence electrons. The largest absolute Gasteiger partial charge is 0.318 e. The molecule has 0 aromatic carbocycles. The van der Waals surface area contributed by atoms with Crippen LogP contribution in [0.5, 0.6) is 0 Å². The highest BCUT2D eigenvalue weighted by Crippen LogP contribution is 2.27. The van der Waals surface area contributed by atoms with E-state index >= 15 is 0 Å². The Bertz CT molecular complexity index is 589. The van der Waals surface area contributed by atoms with Crippen LogP contribution >= 0.6 is 34.5 Å². The zero-order chi connectivity index (χ0) is 13.3. The van der Waals surface area contributed by atoms with Gasteiger partial charge in [-0.15, -0.1) is 11.3 Å². The van der Waals surface area contributed by atoms with Crippen LogP contribution in [-0.4, -0.2) is 15.9 Å². The number of hydrogen-bond donors (Lipinski definition) is 1. The molecule has 2 aromatic heterocycles. The van der Waals surface area contributed by atoms with E-state index < -0.39 is 0 Å². The highest BCUT2D eigenvalue weighted by molar-refractivity contribution is 7.13. The lowest BCUT2D eigenvalue weighted by molar-refractivity contribution is 0.103. The Balaban J connectivity index is 2.27. The molecule has 2 heterocycles. The van der Waals surface area contributed by atoms with E-state index in [0.29, 0.717) is 15.7 Å². The summed E-state index contributed by atoms with van der Waals surface area (Å²) < 4.78 is 0. The first kappa shape index (κ1) is 13.3. The molecular weight excluding hydrogens is 293 g/mol. The summed E-state index contributed by atoms with van der Waals surface area (Å²) in [7, 11) is 0. The number of halogens is 2. The van der Waals surface area contributed by atoms with Gasteiger partial charge in [0.25, 0.3) is 5.91 Å². The fourth-order valence-corrected chi connectivity index (χ4v) is 2.64. The Labute approximate surface area is 118 Å². The molecule has 0 atom stereocenters. The number of nitrogens with zero attached hydrogens (tertiary/aromatic N) is 2. The zero-order valence-corrected chi connectivity index (χ0v) is 11.9.